The van der Waals surface area contributed by atoms with Crippen LogP contribution in [-0.2, 0) is 19.5 Å². The lowest BCUT2D eigenvalue weighted by atomic mass is 9.72. The van der Waals surface area contributed by atoms with Gasteiger partial charge in [-0.3, -0.25) is 14.9 Å². The smallest absolute Gasteiger partial charge is 0.312 e. The summed E-state index contributed by atoms with van der Waals surface area (Å²) in [6.45, 7) is 7.56. The van der Waals surface area contributed by atoms with Crippen molar-refractivity contribution in [2.75, 3.05) is 51.4 Å². The number of H-pyrrole nitrogens is 1. The highest BCUT2D eigenvalue weighted by Crippen LogP contribution is 2.43. The SMILES string of the molecule is CC1(C)CCC(CNCCNc2ccc(C(=O)NS(=O)(=O)c3ccc(OC[C@@H]4COCCO4)c([N+](=O)[O-])c3)c(Oc3ccc4[nH]ccc4c3)c2)=C(c2ccc(Cl)cc2)C1. The molecule has 2 heterocycles. The largest absolute Gasteiger partial charge is 0.484 e. The summed E-state index contributed by atoms with van der Waals surface area (Å²) in [6.07, 6.45) is 4.46. The summed E-state index contributed by atoms with van der Waals surface area (Å²) in [5.74, 6) is -0.629. The van der Waals surface area contributed by atoms with Gasteiger partial charge >= 0.3 is 5.69 Å². The van der Waals surface area contributed by atoms with E-state index in [1.54, 1.807) is 30.5 Å². The van der Waals surface area contributed by atoms with Crippen LogP contribution >= 0.6 is 11.6 Å². The van der Waals surface area contributed by atoms with Crippen molar-refractivity contribution in [1.29, 1.82) is 0 Å². The van der Waals surface area contributed by atoms with Crippen molar-refractivity contribution in [3.05, 3.63) is 123 Å². The van der Waals surface area contributed by atoms with Crippen LogP contribution in [0.4, 0.5) is 11.4 Å². The minimum atomic E-state index is -4.59. The molecule has 2 aliphatic rings. The zero-order chi connectivity index (χ0) is 41.6. The highest BCUT2D eigenvalue weighted by Gasteiger charge is 2.29. The Morgan fingerprint density at radius 2 is 1.83 bits per heavy atom. The zero-order valence-corrected chi connectivity index (χ0v) is 34.3. The third-order valence-corrected chi connectivity index (χ3v) is 11.9. The van der Waals surface area contributed by atoms with Gasteiger partial charge in [0.05, 0.1) is 35.2 Å². The fourth-order valence-electron chi connectivity index (χ4n) is 7.13. The highest BCUT2D eigenvalue weighted by atomic mass is 35.5. The Hall–Kier alpha value is -5.45. The molecular weight excluding hydrogens is 798 g/mol. The molecule has 4 aromatic carbocycles. The Morgan fingerprint density at radius 1 is 1.00 bits per heavy atom. The number of halogens is 1. The van der Waals surface area contributed by atoms with Crippen LogP contribution in [0.2, 0.25) is 5.02 Å². The molecule has 0 unspecified atom stereocenters. The number of carbonyl (C=O) groups is 1. The third kappa shape index (κ3) is 10.6. The molecule has 4 N–H and O–H groups in total. The topological polar surface area (TPSA) is 183 Å². The average molecular weight is 844 g/mol. The predicted molar refractivity (Wildman–Crippen MR) is 226 cm³/mol. The molecule has 1 fully saturated rings. The Balaban J connectivity index is 1.05. The fraction of sp³-hybridized carbons (Fsp3) is 0.326. The van der Waals surface area contributed by atoms with Crippen LogP contribution in [0.1, 0.15) is 49.0 Å². The molecular formula is C43H46ClN5O9S. The van der Waals surface area contributed by atoms with Crippen LogP contribution in [0.5, 0.6) is 17.2 Å². The van der Waals surface area contributed by atoms with Gasteiger partial charge in [-0.1, -0.05) is 43.2 Å². The first kappa shape index (κ1) is 41.7. The second-order valence-corrected chi connectivity index (χ2v) is 17.4. The molecule has 5 aromatic rings. The van der Waals surface area contributed by atoms with Crippen LogP contribution in [0, 0.1) is 15.5 Å². The summed E-state index contributed by atoms with van der Waals surface area (Å²) in [6, 6.07) is 23.2. The molecule has 0 bridgehead atoms. The van der Waals surface area contributed by atoms with Crippen molar-refractivity contribution < 1.29 is 37.1 Å². The number of aromatic amines is 1. The van der Waals surface area contributed by atoms with Gasteiger partial charge in [0.2, 0.25) is 0 Å². The first-order valence-electron chi connectivity index (χ1n) is 19.3. The number of benzene rings is 4. The van der Waals surface area contributed by atoms with Crippen molar-refractivity contribution in [2.45, 2.75) is 44.1 Å². The number of hydrogen-bond donors (Lipinski definition) is 4. The maximum Gasteiger partial charge on any atom is 0.312 e. The predicted octanol–water partition coefficient (Wildman–Crippen LogP) is 8.10. The lowest BCUT2D eigenvalue weighted by Gasteiger charge is -2.34. The van der Waals surface area contributed by atoms with Gasteiger partial charge < -0.3 is 34.6 Å². The van der Waals surface area contributed by atoms with Crippen molar-refractivity contribution in [1.82, 2.24) is 15.0 Å². The second kappa shape index (κ2) is 18.2. The van der Waals surface area contributed by atoms with Gasteiger partial charge in [-0.2, -0.15) is 0 Å². The van der Waals surface area contributed by atoms with E-state index >= 15 is 0 Å². The second-order valence-electron chi connectivity index (χ2n) is 15.3. The summed E-state index contributed by atoms with van der Waals surface area (Å²) in [5.41, 5.74) is 5.01. The van der Waals surface area contributed by atoms with Gasteiger partial charge in [0.15, 0.2) is 5.75 Å². The third-order valence-electron chi connectivity index (χ3n) is 10.3. The molecule has 1 atom stereocenters. The van der Waals surface area contributed by atoms with E-state index in [-0.39, 0.29) is 35.7 Å². The number of aromatic nitrogens is 1. The normalized spacial score (nSPS) is 16.8. The Morgan fingerprint density at radius 3 is 2.61 bits per heavy atom. The fourth-order valence-corrected chi connectivity index (χ4v) is 8.24. The number of carbonyl (C=O) groups excluding carboxylic acids is 1. The molecule has 1 amide bonds. The number of anilines is 1. The summed E-state index contributed by atoms with van der Waals surface area (Å²) in [4.78, 5) is 27.5. The van der Waals surface area contributed by atoms with Crippen molar-refractivity contribution in [3.8, 4) is 17.2 Å². The molecule has 1 aliphatic heterocycles. The number of allylic oxidation sites excluding steroid dienone is 1. The Bertz CT molecular complexity index is 2460. The van der Waals surface area contributed by atoms with Gasteiger partial charge in [-0.05, 0) is 96.5 Å². The average Bonchev–Trinajstić information content (AvgIpc) is 3.69. The quantitative estimate of drug-likeness (QED) is 0.0428. The Labute approximate surface area is 347 Å². The maximum atomic E-state index is 13.7. The van der Waals surface area contributed by atoms with E-state index in [1.807, 2.05) is 24.3 Å². The van der Waals surface area contributed by atoms with Crippen molar-refractivity contribution >= 4 is 55.4 Å². The molecule has 0 radical (unpaired) electrons. The standard InChI is InChI=1S/C43H46ClN5O9S/c1-43(2)15-13-30(37(24-43)28-3-5-31(44)6-4-28)25-45-17-18-46-32-7-10-36(41(22-32)58-33-8-11-38-29(21-33)14-16-47-38)42(50)48-59(53,54)35-9-12-40(39(23-35)49(51)52)57-27-34-26-55-19-20-56-34/h3-12,14,16,21-23,34,45-47H,13,15,17-20,24-27H2,1-2H3,(H,48,50)/t34-/m0/s1. The van der Waals surface area contributed by atoms with Crippen LogP contribution in [0.3, 0.4) is 0 Å². The minimum absolute atomic E-state index is 0.0340. The minimum Gasteiger partial charge on any atom is -0.484 e. The molecule has 7 rings (SSSR count). The molecule has 59 heavy (non-hydrogen) atoms. The van der Waals surface area contributed by atoms with Crippen molar-refractivity contribution in [3.63, 3.8) is 0 Å². The number of nitro benzene ring substituents is 1. The van der Waals surface area contributed by atoms with E-state index in [0.29, 0.717) is 42.8 Å². The van der Waals surface area contributed by atoms with Crippen LogP contribution < -0.4 is 24.8 Å². The molecule has 0 saturated carbocycles. The summed E-state index contributed by atoms with van der Waals surface area (Å²) in [5, 5.41) is 20.5. The highest BCUT2D eigenvalue weighted by molar-refractivity contribution is 7.90. The van der Waals surface area contributed by atoms with E-state index in [1.165, 1.54) is 28.8 Å². The Kier molecular flexibility index (Phi) is 12.9. The number of hydrogen-bond acceptors (Lipinski definition) is 11. The first-order chi connectivity index (χ1) is 28.3. The van der Waals surface area contributed by atoms with Crippen LogP contribution in [-0.4, -0.2) is 76.4 Å². The molecule has 14 nitrogen and oxygen atoms in total. The summed E-state index contributed by atoms with van der Waals surface area (Å²) >= 11 is 6.18. The summed E-state index contributed by atoms with van der Waals surface area (Å²) < 4.78 is 51.8. The van der Waals surface area contributed by atoms with Gasteiger partial charge in [-0.25, -0.2) is 13.1 Å². The van der Waals surface area contributed by atoms with E-state index in [2.05, 4.69) is 46.3 Å². The number of nitrogens with one attached hydrogen (secondary N) is 4. The number of rotatable bonds is 16. The number of nitrogens with zero attached hydrogens (tertiary/aromatic N) is 1. The first-order valence-corrected chi connectivity index (χ1v) is 21.2. The molecule has 1 saturated heterocycles. The molecule has 16 heteroatoms. The van der Waals surface area contributed by atoms with Gasteiger partial charge in [-0.15, -0.1) is 0 Å². The van der Waals surface area contributed by atoms with E-state index in [9.17, 15) is 23.3 Å². The van der Waals surface area contributed by atoms with Gasteiger partial charge in [0.1, 0.15) is 24.2 Å². The van der Waals surface area contributed by atoms with E-state index < -0.39 is 37.5 Å². The molecule has 310 valence electrons. The van der Waals surface area contributed by atoms with Crippen molar-refractivity contribution in [2.24, 2.45) is 5.41 Å². The maximum absolute atomic E-state index is 13.7. The lowest BCUT2D eigenvalue weighted by molar-refractivity contribution is -0.386. The van der Waals surface area contributed by atoms with Crippen LogP contribution in [0.25, 0.3) is 16.5 Å². The zero-order valence-electron chi connectivity index (χ0n) is 32.7. The monoisotopic (exact) mass is 843 g/mol. The lowest BCUT2D eigenvalue weighted by Crippen LogP contribution is -2.33. The number of nitro groups is 1. The number of ether oxygens (including phenoxy) is 4. The van der Waals surface area contributed by atoms with Crippen LogP contribution in [0.15, 0.2) is 102 Å². The molecule has 1 aromatic heterocycles. The van der Waals surface area contributed by atoms with E-state index in [4.69, 9.17) is 30.5 Å². The van der Waals surface area contributed by atoms with E-state index in [0.717, 1.165) is 48.8 Å². The number of amides is 1. The van der Waals surface area contributed by atoms with Gasteiger partial charge in [0, 0.05) is 59.6 Å². The number of sulfonamides is 1. The molecule has 1 aliphatic carbocycles. The number of fused-ring (bicyclic) bond motifs is 1. The summed E-state index contributed by atoms with van der Waals surface area (Å²) in [7, 11) is -4.59. The van der Waals surface area contributed by atoms with Gasteiger partial charge in [0.25, 0.3) is 15.9 Å². The molecule has 0 spiro atoms.